The minimum absolute atomic E-state index is 0.0472. The summed E-state index contributed by atoms with van der Waals surface area (Å²) in [5.41, 5.74) is 1.31. The number of piperidine rings is 1. The second-order valence-electron chi connectivity index (χ2n) is 7.14. The lowest BCUT2D eigenvalue weighted by Gasteiger charge is -2.33. The molecule has 0 saturated carbocycles. The normalized spacial score (nSPS) is 20.3. The van der Waals surface area contributed by atoms with Crippen molar-refractivity contribution < 1.29 is 27.1 Å². The van der Waals surface area contributed by atoms with Crippen LogP contribution in [0, 0.1) is 5.82 Å². The van der Waals surface area contributed by atoms with Gasteiger partial charge in [0.05, 0.1) is 12.4 Å². The molecule has 1 atom stereocenters. The molecule has 0 radical (unpaired) electrons. The van der Waals surface area contributed by atoms with Gasteiger partial charge in [0.1, 0.15) is 17.6 Å². The number of ether oxygens (including phenoxy) is 2. The Morgan fingerprint density at radius 1 is 1.36 bits per heavy atom. The Balaban J connectivity index is 1.63. The van der Waals surface area contributed by atoms with Gasteiger partial charge >= 0.3 is 0 Å². The maximum Gasteiger partial charge on any atom is 0.238 e. The van der Waals surface area contributed by atoms with E-state index in [-0.39, 0.29) is 30.8 Å². The standard InChI is InChI=1S/C19H27FN2O5S/c1-2-9-28(24,25)22-8-4-3-5-17(22)19(23)21-7-6-14-10-16(20)11-15-12-26-13-27-18(14)15/h10-11,17H,2-9,12-13H2,1H3,(H,21,23). The molecule has 1 saturated heterocycles. The van der Waals surface area contributed by atoms with Gasteiger partial charge in [-0.1, -0.05) is 13.3 Å². The van der Waals surface area contributed by atoms with Crippen molar-refractivity contribution in [2.24, 2.45) is 0 Å². The maximum atomic E-state index is 13.8. The summed E-state index contributed by atoms with van der Waals surface area (Å²) in [4.78, 5) is 12.7. The zero-order valence-electron chi connectivity index (χ0n) is 16.1. The number of benzene rings is 1. The number of nitrogens with one attached hydrogen (secondary N) is 1. The van der Waals surface area contributed by atoms with Crippen molar-refractivity contribution in [2.75, 3.05) is 25.6 Å². The monoisotopic (exact) mass is 414 g/mol. The quantitative estimate of drug-likeness (QED) is 0.737. The van der Waals surface area contributed by atoms with Gasteiger partial charge in [-0.15, -0.1) is 0 Å². The van der Waals surface area contributed by atoms with Gasteiger partial charge in [0.2, 0.25) is 15.9 Å². The largest absolute Gasteiger partial charge is 0.467 e. The Hall–Kier alpha value is -1.71. The van der Waals surface area contributed by atoms with Crippen molar-refractivity contribution in [3.8, 4) is 5.75 Å². The summed E-state index contributed by atoms with van der Waals surface area (Å²) < 4.78 is 50.8. The van der Waals surface area contributed by atoms with Gasteiger partial charge in [0.15, 0.2) is 6.79 Å². The molecule has 156 valence electrons. The molecule has 2 aliphatic heterocycles. The minimum Gasteiger partial charge on any atom is -0.467 e. The van der Waals surface area contributed by atoms with Gasteiger partial charge in [0, 0.05) is 18.7 Å². The van der Waals surface area contributed by atoms with E-state index in [1.54, 1.807) is 0 Å². The fraction of sp³-hybridized carbons (Fsp3) is 0.632. The molecule has 1 amide bonds. The lowest BCUT2D eigenvalue weighted by Crippen LogP contribution is -2.52. The van der Waals surface area contributed by atoms with Crippen LogP contribution < -0.4 is 10.1 Å². The van der Waals surface area contributed by atoms with Gasteiger partial charge in [0.25, 0.3) is 0 Å². The average Bonchev–Trinajstić information content (AvgIpc) is 2.67. The number of nitrogens with zero attached hydrogens (tertiary/aromatic N) is 1. The van der Waals surface area contributed by atoms with Crippen LogP contribution in [0.5, 0.6) is 5.75 Å². The predicted octanol–water partition coefficient (Wildman–Crippen LogP) is 1.95. The fourth-order valence-corrected chi connectivity index (χ4v) is 5.50. The third kappa shape index (κ3) is 4.82. The molecule has 3 rings (SSSR count). The molecule has 7 nitrogen and oxygen atoms in total. The molecule has 1 unspecified atom stereocenters. The highest BCUT2D eigenvalue weighted by Crippen LogP contribution is 2.29. The summed E-state index contributed by atoms with van der Waals surface area (Å²) >= 11 is 0. The SMILES string of the molecule is CCCS(=O)(=O)N1CCCCC1C(=O)NCCc1cc(F)cc2c1OCOC2. The summed E-state index contributed by atoms with van der Waals surface area (Å²) in [7, 11) is -3.43. The van der Waals surface area contributed by atoms with E-state index in [0.717, 1.165) is 12.8 Å². The summed E-state index contributed by atoms with van der Waals surface area (Å²) in [5.74, 6) is -0.0232. The second-order valence-corrected chi connectivity index (χ2v) is 9.18. The minimum atomic E-state index is -3.43. The molecule has 1 N–H and O–H groups in total. The molecule has 1 fully saturated rings. The number of carbonyl (C=O) groups excluding carboxylic acids is 1. The molecule has 1 aromatic carbocycles. The highest BCUT2D eigenvalue weighted by Gasteiger charge is 2.35. The van der Waals surface area contributed by atoms with E-state index in [1.165, 1.54) is 16.4 Å². The number of rotatable bonds is 7. The lowest BCUT2D eigenvalue weighted by atomic mass is 10.0. The maximum absolute atomic E-state index is 13.8. The third-order valence-electron chi connectivity index (χ3n) is 5.02. The Kier molecular flexibility index (Phi) is 6.90. The molecule has 0 aliphatic carbocycles. The van der Waals surface area contributed by atoms with Crippen LogP contribution in [0.2, 0.25) is 0 Å². The number of hydrogen-bond acceptors (Lipinski definition) is 5. The van der Waals surface area contributed by atoms with Crippen LogP contribution in [0.15, 0.2) is 12.1 Å². The Morgan fingerprint density at radius 2 is 2.18 bits per heavy atom. The van der Waals surface area contributed by atoms with Crippen LogP contribution in [0.1, 0.15) is 43.7 Å². The van der Waals surface area contributed by atoms with Crippen molar-refractivity contribution in [3.05, 3.63) is 29.1 Å². The highest BCUT2D eigenvalue weighted by molar-refractivity contribution is 7.89. The first-order valence-electron chi connectivity index (χ1n) is 9.71. The molecule has 1 aromatic rings. The number of hydrogen-bond donors (Lipinski definition) is 1. The molecular formula is C19H27FN2O5S. The fourth-order valence-electron chi connectivity index (χ4n) is 3.76. The number of carbonyl (C=O) groups is 1. The second kappa shape index (κ2) is 9.19. The van der Waals surface area contributed by atoms with Crippen molar-refractivity contribution in [1.29, 1.82) is 0 Å². The van der Waals surface area contributed by atoms with Gasteiger partial charge in [-0.3, -0.25) is 4.79 Å². The van der Waals surface area contributed by atoms with Gasteiger partial charge < -0.3 is 14.8 Å². The van der Waals surface area contributed by atoms with Crippen molar-refractivity contribution in [3.63, 3.8) is 0 Å². The van der Waals surface area contributed by atoms with Crippen LogP contribution in [0.3, 0.4) is 0 Å². The zero-order chi connectivity index (χ0) is 20.1. The first-order chi connectivity index (χ1) is 13.4. The van der Waals surface area contributed by atoms with E-state index in [2.05, 4.69) is 5.32 Å². The van der Waals surface area contributed by atoms with Crippen molar-refractivity contribution in [1.82, 2.24) is 9.62 Å². The molecule has 0 spiro atoms. The molecule has 2 heterocycles. The first kappa shape index (κ1) is 21.0. The summed E-state index contributed by atoms with van der Waals surface area (Å²) in [5, 5.41) is 2.82. The van der Waals surface area contributed by atoms with E-state index in [9.17, 15) is 17.6 Å². The van der Waals surface area contributed by atoms with Gasteiger partial charge in [-0.25, -0.2) is 12.8 Å². The van der Waals surface area contributed by atoms with E-state index in [0.29, 0.717) is 49.3 Å². The molecule has 0 bridgehead atoms. The smallest absolute Gasteiger partial charge is 0.238 e. The molecule has 9 heteroatoms. The van der Waals surface area contributed by atoms with E-state index < -0.39 is 16.1 Å². The summed E-state index contributed by atoms with van der Waals surface area (Å²) in [6, 6.07) is 2.11. The van der Waals surface area contributed by atoms with Crippen LogP contribution in [0.4, 0.5) is 4.39 Å². The molecular weight excluding hydrogens is 387 g/mol. The van der Waals surface area contributed by atoms with Crippen LogP contribution in [0.25, 0.3) is 0 Å². The lowest BCUT2D eigenvalue weighted by molar-refractivity contribution is -0.125. The van der Waals surface area contributed by atoms with E-state index in [1.807, 2.05) is 6.92 Å². The van der Waals surface area contributed by atoms with Crippen molar-refractivity contribution in [2.45, 2.75) is 51.7 Å². The topological polar surface area (TPSA) is 84.9 Å². The molecule has 0 aromatic heterocycles. The zero-order valence-corrected chi connectivity index (χ0v) is 16.9. The third-order valence-corrected chi connectivity index (χ3v) is 7.10. The van der Waals surface area contributed by atoms with E-state index >= 15 is 0 Å². The first-order valence-corrected chi connectivity index (χ1v) is 11.3. The van der Waals surface area contributed by atoms with E-state index in [4.69, 9.17) is 9.47 Å². The number of fused-ring (bicyclic) bond motifs is 1. The Morgan fingerprint density at radius 3 is 2.96 bits per heavy atom. The van der Waals surface area contributed by atoms with Crippen LogP contribution in [-0.2, 0) is 32.6 Å². The van der Waals surface area contributed by atoms with Gasteiger partial charge in [-0.05, 0) is 43.4 Å². The summed E-state index contributed by atoms with van der Waals surface area (Å²) in [6.45, 7) is 2.87. The molecule has 28 heavy (non-hydrogen) atoms. The highest BCUT2D eigenvalue weighted by atomic mass is 32.2. The Labute approximate surface area is 165 Å². The number of halogens is 1. The number of sulfonamides is 1. The van der Waals surface area contributed by atoms with Crippen LogP contribution in [-0.4, -0.2) is 50.3 Å². The van der Waals surface area contributed by atoms with Crippen molar-refractivity contribution >= 4 is 15.9 Å². The average molecular weight is 414 g/mol. The Bertz CT molecular complexity index is 815. The predicted molar refractivity (Wildman–Crippen MR) is 102 cm³/mol. The van der Waals surface area contributed by atoms with Crippen LogP contribution >= 0.6 is 0 Å². The molecule has 2 aliphatic rings. The summed E-state index contributed by atoms with van der Waals surface area (Å²) in [6.07, 6.45) is 3.01. The van der Waals surface area contributed by atoms with Gasteiger partial charge in [-0.2, -0.15) is 4.31 Å². The number of amides is 1.